The van der Waals surface area contributed by atoms with Crippen LogP contribution in [0.3, 0.4) is 0 Å². The number of carbonyl (C=O) groups excluding carboxylic acids is 1. The second-order valence-corrected chi connectivity index (χ2v) is 3.51. The number of rotatable bonds is 2. The summed E-state index contributed by atoms with van der Waals surface area (Å²) in [6, 6.07) is 3.84. The van der Waals surface area contributed by atoms with E-state index < -0.39 is 11.8 Å². The summed E-state index contributed by atoms with van der Waals surface area (Å²) in [4.78, 5) is 11.3. The van der Waals surface area contributed by atoms with Crippen molar-refractivity contribution in [2.45, 2.75) is 20.0 Å². The van der Waals surface area contributed by atoms with E-state index in [1.54, 1.807) is 13.8 Å². The Morgan fingerprint density at radius 1 is 1.50 bits per heavy atom. The zero-order valence-corrected chi connectivity index (χ0v) is 8.64. The maximum Gasteiger partial charge on any atom is 0.341 e. The molecule has 0 spiro atoms. The molecule has 1 aromatic rings. The summed E-state index contributed by atoms with van der Waals surface area (Å²) in [7, 11) is 0. The molecule has 0 bridgehead atoms. The van der Waals surface area contributed by atoms with Crippen molar-refractivity contribution in [3.05, 3.63) is 34.6 Å². The first kappa shape index (κ1) is 11.0. The lowest BCUT2D eigenvalue weighted by Gasteiger charge is -2.08. The van der Waals surface area contributed by atoms with E-state index in [1.807, 2.05) is 0 Å². The van der Waals surface area contributed by atoms with Gasteiger partial charge in [-0.1, -0.05) is 11.6 Å². The first-order valence-corrected chi connectivity index (χ1v) is 4.54. The lowest BCUT2D eigenvalue weighted by Crippen LogP contribution is -2.12. The zero-order chi connectivity index (χ0) is 10.7. The SMILES string of the molecule is CC(C)OC(=O)c1ccc(Cl)cc1F. The van der Waals surface area contributed by atoms with E-state index in [-0.39, 0.29) is 16.7 Å². The molecule has 0 aliphatic heterocycles. The molecule has 0 atom stereocenters. The Kier molecular flexibility index (Phi) is 3.47. The highest BCUT2D eigenvalue weighted by molar-refractivity contribution is 6.30. The summed E-state index contributed by atoms with van der Waals surface area (Å²) in [5, 5.41) is 0.253. The lowest BCUT2D eigenvalue weighted by molar-refractivity contribution is 0.0372. The second-order valence-electron chi connectivity index (χ2n) is 3.08. The van der Waals surface area contributed by atoms with Crippen molar-refractivity contribution in [3.8, 4) is 0 Å². The quantitative estimate of drug-likeness (QED) is 0.711. The third-order valence-electron chi connectivity index (χ3n) is 1.49. The predicted molar refractivity (Wildman–Crippen MR) is 52.0 cm³/mol. The van der Waals surface area contributed by atoms with Gasteiger partial charge >= 0.3 is 5.97 Å². The van der Waals surface area contributed by atoms with Gasteiger partial charge in [-0.3, -0.25) is 0 Å². The number of ether oxygens (including phenoxy) is 1. The van der Waals surface area contributed by atoms with Crippen LogP contribution in [0.5, 0.6) is 0 Å². The average molecular weight is 217 g/mol. The van der Waals surface area contributed by atoms with E-state index in [4.69, 9.17) is 16.3 Å². The molecule has 76 valence electrons. The molecule has 0 unspecified atom stereocenters. The fourth-order valence-electron chi connectivity index (χ4n) is 0.933. The third kappa shape index (κ3) is 2.70. The summed E-state index contributed by atoms with van der Waals surface area (Å²) >= 11 is 5.54. The monoisotopic (exact) mass is 216 g/mol. The van der Waals surface area contributed by atoms with Crippen molar-refractivity contribution < 1.29 is 13.9 Å². The maximum absolute atomic E-state index is 13.2. The topological polar surface area (TPSA) is 26.3 Å². The minimum absolute atomic E-state index is 0.0944. The Labute approximate surface area is 86.6 Å². The molecular formula is C10H10ClFO2. The summed E-state index contributed by atoms with van der Waals surface area (Å²) < 4.78 is 18.0. The molecule has 4 heteroatoms. The normalized spacial score (nSPS) is 10.4. The maximum atomic E-state index is 13.2. The highest BCUT2D eigenvalue weighted by Crippen LogP contribution is 2.15. The van der Waals surface area contributed by atoms with Crippen molar-refractivity contribution in [3.63, 3.8) is 0 Å². The minimum atomic E-state index is -0.672. The standard InChI is InChI=1S/C10H10ClFO2/c1-6(2)14-10(13)8-4-3-7(11)5-9(8)12/h3-6H,1-2H3. The predicted octanol–water partition coefficient (Wildman–Crippen LogP) is 3.04. The van der Waals surface area contributed by atoms with Crippen LogP contribution in [-0.2, 0) is 4.74 Å². The Morgan fingerprint density at radius 2 is 2.14 bits per heavy atom. The fourth-order valence-corrected chi connectivity index (χ4v) is 1.09. The van der Waals surface area contributed by atoms with Gasteiger partial charge in [0.15, 0.2) is 0 Å². The van der Waals surface area contributed by atoms with Crippen LogP contribution in [0, 0.1) is 5.82 Å². The van der Waals surface area contributed by atoms with Crippen molar-refractivity contribution in [1.82, 2.24) is 0 Å². The largest absolute Gasteiger partial charge is 0.459 e. The molecule has 0 saturated heterocycles. The summed E-state index contributed by atoms with van der Waals surface area (Å²) in [5.41, 5.74) is -0.0944. The Hall–Kier alpha value is -1.09. The van der Waals surface area contributed by atoms with Crippen LogP contribution >= 0.6 is 11.6 Å². The van der Waals surface area contributed by atoms with Crippen LogP contribution in [-0.4, -0.2) is 12.1 Å². The van der Waals surface area contributed by atoms with E-state index in [0.717, 1.165) is 6.07 Å². The molecule has 0 fully saturated rings. The van der Waals surface area contributed by atoms with Gasteiger partial charge in [0.25, 0.3) is 0 Å². The van der Waals surface area contributed by atoms with Crippen molar-refractivity contribution in [2.75, 3.05) is 0 Å². The third-order valence-corrected chi connectivity index (χ3v) is 1.73. The second kappa shape index (κ2) is 4.42. The highest BCUT2D eigenvalue weighted by atomic mass is 35.5. The molecule has 0 aliphatic rings. The first-order chi connectivity index (χ1) is 6.50. The number of hydrogen-bond donors (Lipinski definition) is 0. The Balaban J connectivity index is 2.90. The fraction of sp³-hybridized carbons (Fsp3) is 0.300. The molecule has 0 heterocycles. The highest BCUT2D eigenvalue weighted by Gasteiger charge is 2.14. The zero-order valence-electron chi connectivity index (χ0n) is 7.88. The van der Waals surface area contributed by atoms with E-state index in [1.165, 1.54) is 12.1 Å². The molecule has 1 aromatic carbocycles. The molecule has 0 aromatic heterocycles. The average Bonchev–Trinajstić information content (AvgIpc) is 2.01. The van der Waals surface area contributed by atoms with Crippen LogP contribution in [0.2, 0.25) is 5.02 Å². The summed E-state index contributed by atoms with van der Waals surface area (Å²) in [6.45, 7) is 3.40. The van der Waals surface area contributed by atoms with Gasteiger partial charge in [0.05, 0.1) is 11.7 Å². The molecule has 14 heavy (non-hydrogen) atoms. The van der Waals surface area contributed by atoms with Crippen LogP contribution in [0.4, 0.5) is 4.39 Å². The van der Waals surface area contributed by atoms with Gasteiger partial charge in [-0.05, 0) is 32.0 Å². The molecule has 0 saturated carbocycles. The smallest absolute Gasteiger partial charge is 0.341 e. The molecule has 0 N–H and O–H groups in total. The summed E-state index contributed by atoms with van der Waals surface area (Å²) in [5.74, 6) is -1.34. The van der Waals surface area contributed by atoms with Crippen LogP contribution < -0.4 is 0 Å². The molecule has 2 nitrogen and oxygen atoms in total. The molecule has 0 amide bonds. The number of benzene rings is 1. The van der Waals surface area contributed by atoms with Gasteiger partial charge in [-0.2, -0.15) is 0 Å². The molecule has 1 rings (SSSR count). The van der Waals surface area contributed by atoms with Crippen molar-refractivity contribution >= 4 is 17.6 Å². The van der Waals surface area contributed by atoms with E-state index in [0.29, 0.717) is 0 Å². The van der Waals surface area contributed by atoms with Crippen LogP contribution in [0.1, 0.15) is 24.2 Å². The number of carbonyl (C=O) groups is 1. The number of hydrogen-bond acceptors (Lipinski definition) is 2. The minimum Gasteiger partial charge on any atom is -0.459 e. The van der Waals surface area contributed by atoms with Gasteiger partial charge in [0.2, 0.25) is 0 Å². The number of esters is 1. The van der Waals surface area contributed by atoms with Gasteiger partial charge in [-0.25, -0.2) is 9.18 Å². The Bertz CT molecular complexity index is 350. The van der Waals surface area contributed by atoms with Crippen LogP contribution in [0.15, 0.2) is 18.2 Å². The lowest BCUT2D eigenvalue weighted by atomic mass is 10.2. The van der Waals surface area contributed by atoms with Gasteiger partial charge < -0.3 is 4.74 Å². The van der Waals surface area contributed by atoms with E-state index in [9.17, 15) is 9.18 Å². The Morgan fingerprint density at radius 3 is 2.64 bits per heavy atom. The molecular weight excluding hydrogens is 207 g/mol. The van der Waals surface area contributed by atoms with E-state index in [2.05, 4.69) is 0 Å². The summed E-state index contributed by atoms with van der Waals surface area (Å²) in [6.07, 6.45) is -0.266. The molecule has 0 radical (unpaired) electrons. The van der Waals surface area contributed by atoms with Crippen molar-refractivity contribution in [2.24, 2.45) is 0 Å². The molecule has 0 aliphatic carbocycles. The van der Waals surface area contributed by atoms with Gasteiger partial charge in [0.1, 0.15) is 5.82 Å². The van der Waals surface area contributed by atoms with Gasteiger partial charge in [0, 0.05) is 5.02 Å². The van der Waals surface area contributed by atoms with Crippen LogP contribution in [0.25, 0.3) is 0 Å². The van der Waals surface area contributed by atoms with Crippen molar-refractivity contribution in [1.29, 1.82) is 0 Å². The van der Waals surface area contributed by atoms with E-state index >= 15 is 0 Å². The number of halogens is 2. The first-order valence-electron chi connectivity index (χ1n) is 4.16. The van der Waals surface area contributed by atoms with Gasteiger partial charge in [-0.15, -0.1) is 0 Å².